The third kappa shape index (κ3) is 7.56. The molecule has 0 aromatic heterocycles. The van der Waals surface area contributed by atoms with Gasteiger partial charge in [-0.25, -0.2) is 4.79 Å². The molecule has 0 atom stereocenters. The van der Waals surface area contributed by atoms with Crippen LogP contribution in [0.4, 0.5) is 16.2 Å². The molecule has 1 aromatic rings. The number of hydrogen-bond donors (Lipinski definition) is 2. The summed E-state index contributed by atoms with van der Waals surface area (Å²) in [5, 5.41) is 5.44. The molecule has 1 fully saturated rings. The quantitative estimate of drug-likeness (QED) is 0.775. The molecule has 2 rings (SSSR count). The summed E-state index contributed by atoms with van der Waals surface area (Å²) in [4.78, 5) is 23.7. The highest BCUT2D eigenvalue weighted by Gasteiger charge is 2.15. The second kappa shape index (κ2) is 10.0. The lowest BCUT2D eigenvalue weighted by Crippen LogP contribution is -2.24. The van der Waals surface area contributed by atoms with Gasteiger partial charge in [0, 0.05) is 11.4 Å². The van der Waals surface area contributed by atoms with E-state index in [2.05, 4.69) is 10.6 Å². The van der Waals surface area contributed by atoms with E-state index in [1.807, 2.05) is 13.8 Å². The second-order valence-electron chi connectivity index (χ2n) is 6.82. The van der Waals surface area contributed by atoms with Crippen LogP contribution in [-0.4, -0.2) is 31.3 Å². The highest BCUT2D eigenvalue weighted by molar-refractivity contribution is 5.93. The van der Waals surface area contributed by atoms with Crippen molar-refractivity contribution in [1.29, 1.82) is 0 Å². The number of rotatable bonds is 7. The van der Waals surface area contributed by atoms with Gasteiger partial charge in [-0.15, -0.1) is 0 Å². The van der Waals surface area contributed by atoms with Crippen LogP contribution in [0.1, 0.15) is 46.0 Å². The van der Waals surface area contributed by atoms with Gasteiger partial charge in [0.2, 0.25) is 5.91 Å². The van der Waals surface area contributed by atoms with E-state index in [0.717, 1.165) is 12.8 Å². The highest BCUT2D eigenvalue weighted by atomic mass is 16.5. The van der Waals surface area contributed by atoms with E-state index in [-0.39, 0.29) is 24.5 Å². The minimum atomic E-state index is -0.502. The van der Waals surface area contributed by atoms with E-state index in [1.54, 1.807) is 24.3 Å². The zero-order valence-electron chi connectivity index (χ0n) is 15.0. The van der Waals surface area contributed by atoms with Gasteiger partial charge in [-0.05, 0) is 37.0 Å². The predicted molar refractivity (Wildman–Crippen MR) is 97.7 cm³/mol. The lowest BCUT2D eigenvalue weighted by atomic mass is 9.98. The van der Waals surface area contributed by atoms with Crippen LogP contribution in [0.2, 0.25) is 0 Å². The smallest absolute Gasteiger partial charge is 0.411 e. The molecule has 1 aliphatic rings. The van der Waals surface area contributed by atoms with Crippen LogP contribution in [0.25, 0.3) is 0 Å². The summed E-state index contributed by atoms with van der Waals surface area (Å²) in [6.45, 7) is 4.36. The molecule has 6 heteroatoms. The first-order valence-corrected chi connectivity index (χ1v) is 8.98. The maximum atomic E-state index is 12.0. The lowest BCUT2D eigenvalue weighted by molar-refractivity contribution is -0.123. The van der Waals surface area contributed by atoms with Crippen LogP contribution in [0.3, 0.4) is 0 Å². The maximum absolute atomic E-state index is 12.0. The van der Waals surface area contributed by atoms with Crippen LogP contribution in [0.5, 0.6) is 0 Å². The minimum Gasteiger partial charge on any atom is -0.449 e. The fraction of sp³-hybridized carbons (Fsp3) is 0.579. The minimum absolute atomic E-state index is 0.0543. The molecule has 0 bridgehead atoms. The third-order valence-corrected chi connectivity index (χ3v) is 3.94. The van der Waals surface area contributed by atoms with Crippen molar-refractivity contribution in [3.8, 4) is 0 Å². The van der Waals surface area contributed by atoms with E-state index in [9.17, 15) is 9.59 Å². The third-order valence-electron chi connectivity index (χ3n) is 3.94. The van der Waals surface area contributed by atoms with E-state index >= 15 is 0 Å². The molecular weight excluding hydrogens is 320 g/mol. The highest BCUT2D eigenvalue weighted by Crippen LogP contribution is 2.20. The molecule has 0 unspecified atom stereocenters. The first-order chi connectivity index (χ1) is 12.0. The molecule has 0 aliphatic heterocycles. The van der Waals surface area contributed by atoms with Crippen LogP contribution in [0, 0.1) is 5.92 Å². The monoisotopic (exact) mass is 348 g/mol. The Balaban J connectivity index is 1.77. The van der Waals surface area contributed by atoms with Crippen molar-refractivity contribution in [2.45, 2.75) is 52.1 Å². The summed E-state index contributed by atoms with van der Waals surface area (Å²) >= 11 is 0. The molecule has 0 spiro atoms. The molecule has 2 amide bonds. The molecule has 1 saturated carbocycles. The summed E-state index contributed by atoms with van der Waals surface area (Å²) in [5.41, 5.74) is 1.18. The molecule has 25 heavy (non-hydrogen) atoms. The Bertz CT molecular complexity index is 568. The van der Waals surface area contributed by atoms with Crippen molar-refractivity contribution in [2.24, 2.45) is 5.92 Å². The Morgan fingerprint density at radius 2 is 1.80 bits per heavy atom. The Morgan fingerprint density at radius 1 is 1.12 bits per heavy atom. The standard InChI is InChI=1S/C19H28N2O4/c1-14(2)12-25-19(23)21-16-8-6-7-15(11-16)20-18(22)13-24-17-9-4-3-5-10-17/h6-8,11,14,17H,3-5,9-10,12-13H2,1-2H3,(H,20,22)(H,21,23). The van der Waals surface area contributed by atoms with E-state index in [0.29, 0.717) is 18.0 Å². The number of carbonyl (C=O) groups excluding carboxylic acids is 2. The van der Waals surface area contributed by atoms with E-state index in [1.165, 1.54) is 19.3 Å². The molecule has 0 saturated heterocycles. The van der Waals surface area contributed by atoms with Gasteiger partial charge in [-0.3, -0.25) is 10.1 Å². The summed E-state index contributed by atoms with van der Waals surface area (Å²) < 4.78 is 10.7. The topological polar surface area (TPSA) is 76.7 Å². The number of benzene rings is 1. The van der Waals surface area contributed by atoms with Crippen LogP contribution in [-0.2, 0) is 14.3 Å². The predicted octanol–water partition coefficient (Wildman–Crippen LogP) is 4.18. The number of anilines is 2. The van der Waals surface area contributed by atoms with Crippen molar-refractivity contribution < 1.29 is 19.1 Å². The van der Waals surface area contributed by atoms with E-state index < -0.39 is 6.09 Å². The van der Waals surface area contributed by atoms with Gasteiger partial charge in [0.1, 0.15) is 6.61 Å². The van der Waals surface area contributed by atoms with Gasteiger partial charge < -0.3 is 14.8 Å². The SMILES string of the molecule is CC(C)COC(=O)Nc1cccc(NC(=O)COC2CCCCC2)c1. The average molecular weight is 348 g/mol. The Labute approximate surface area is 149 Å². The van der Waals surface area contributed by atoms with Gasteiger partial charge >= 0.3 is 6.09 Å². The fourth-order valence-electron chi connectivity index (χ4n) is 2.69. The Hall–Kier alpha value is -2.08. The van der Waals surface area contributed by atoms with Gasteiger partial charge in [0.05, 0.1) is 12.7 Å². The number of ether oxygens (including phenoxy) is 2. The van der Waals surface area contributed by atoms with Crippen LogP contribution < -0.4 is 10.6 Å². The maximum Gasteiger partial charge on any atom is 0.411 e. The van der Waals surface area contributed by atoms with Crippen molar-refractivity contribution in [2.75, 3.05) is 23.8 Å². The zero-order chi connectivity index (χ0) is 18.1. The molecule has 0 heterocycles. The summed E-state index contributed by atoms with van der Waals surface area (Å²) in [7, 11) is 0. The number of nitrogens with one attached hydrogen (secondary N) is 2. The first-order valence-electron chi connectivity index (χ1n) is 8.98. The zero-order valence-corrected chi connectivity index (χ0v) is 15.0. The van der Waals surface area contributed by atoms with Gasteiger partial charge in [0.25, 0.3) is 0 Å². The lowest BCUT2D eigenvalue weighted by Gasteiger charge is -2.21. The normalized spacial score (nSPS) is 15.0. The van der Waals surface area contributed by atoms with Crippen molar-refractivity contribution in [1.82, 2.24) is 0 Å². The number of amides is 2. The largest absolute Gasteiger partial charge is 0.449 e. The molecule has 2 N–H and O–H groups in total. The van der Waals surface area contributed by atoms with Crippen LogP contribution >= 0.6 is 0 Å². The second-order valence-corrected chi connectivity index (χ2v) is 6.82. The molecule has 6 nitrogen and oxygen atoms in total. The van der Waals surface area contributed by atoms with Crippen molar-refractivity contribution in [3.63, 3.8) is 0 Å². The van der Waals surface area contributed by atoms with Gasteiger partial charge in [0.15, 0.2) is 0 Å². The van der Waals surface area contributed by atoms with Gasteiger partial charge in [-0.1, -0.05) is 39.2 Å². The van der Waals surface area contributed by atoms with Crippen LogP contribution in [0.15, 0.2) is 24.3 Å². The number of hydrogen-bond acceptors (Lipinski definition) is 4. The Kier molecular flexibility index (Phi) is 7.73. The summed E-state index contributed by atoms with van der Waals surface area (Å²) in [5.74, 6) is 0.0886. The molecule has 138 valence electrons. The van der Waals surface area contributed by atoms with Gasteiger partial charge in [-0.2, -0.15) is 0 Å². The van der Waals surface area contributed by atoms with Crippen molar-refractivity contribution >= 4 is 23.4 Å². The molecule has 1 aromatic carbocycles. The molecule has 1 aliphatic carbocycles. The fourth-order valence-corrected chi connectivity index (χ4v) is 2.69. The molecular formula is C19H28N2O4. The summed E-state index contributed by atoms with van der Waals surface area (Å²) in [6, 6.07) is 6.96. The molecule has 0 radical (unpaired) electrons. The summed E-state index contributed by atoms with van der Waals surface area (Å²) in [6.07, 6.45) is 5.36. The first kappa shape index (κ1) is 19.2. The van der Waals surface area contributed by atoms with E-state index in [4.69, 9.17) is 9.47 Å². The number of carbonyl (C=O) groups is 2. The Morgan fingerprint density at radius 3 is 2.48 bits per heavy atom. The van der Waals surface area contributed by atoms with Crippen molar-refractivity contribution in [3.05, 3.63) is 24.3 Å². The average Bonchev–Trinajstić information content (AvgIpc) is 2.59.